The second-order valence-electron chi connectivity index (χ2n) is 7.75. The fraction of sp³-hybridized carbons (Fsp3) is 0.200. The van der Waals surface area contributed by atoms with Crippen molar-refractivity contribution in [1.82, 2.24) is 10.3 Å². The van der Waals surface area contributed by atoms with Crippen LogP contribution in [0.25, 0.3) is 10.2 Å². The molecule has 3 aromatic carbocycles. The molecule has 4 aromatic rings. The van der Waals surface area contributed by atoms with Crippen LogP contribution in [-0.2, 0) is 16.4 Å². The summed E-state index contributed by atoms with van der Waals surface area (Å²) >= 11 is 1.66. The average Bonchev–Trinajstić information content (AvgIpc) is 3.25. The number of hydrogen-bond donors (Lipinski definition) is 2. The molecular formula is C25H25N3O4S2. The van der Waals surface area contributed by atoms with Crippen molar-refractivity contribution in [2.75, 3.05) is 18.4 Å². The SMILES string of the molecule is COc1ccc(NS(=O)(=O)c2ccc(C)c(C(=O)NCCCc3nc4ccccc4s3)c2)cc1. The molecule has 176 valence electrons. The van der Waals surface area contributed by atoms with Gasteiger partial charge in [0, 0.05) is 24.2 Å². The average molecular weight is 496 g/mol. The van der Waals surface area contributed by atoms with Gasteiger partial charge in [0.2, 0.25) is 0 Å². The maximum absolute atomic E-state index is 12.9. The number of benzene rings is 3. The van der Waals surface area contributed by atoms with Gasteiger partial charge in [0.05, 0.1) is 27.2 Å². The topological polar surface area (TPSA) is 97.4 Å². The first-order valence-corrected chi connectivity index (χ1v) is 13.1. The van der Waals surface area contributed by atoms with E-state index < -0.39 is 10.0 Å². The van der Waals surface area contributed by atoms with E-state index >= 15 is 0 Å². The molecule has 1 amide bonds. The Morgan fingerprint density at radius 2 is 1.82 bits per heavy atom. The van der Waals surface area contributed by atoms with Crippen LogP contribution in [-0.4, -0.2) is 33.0 Å². The number of rotatable bonds is 9. The number of thiazole rings is 1. The van der Waals surface area contributed by atoms with Crippen molar-refractivity contribution in [1.29, 1.82) is 0 Å². The van der Waals surface area contributed by atoms with Gasteiger partial charge in [-0.1, -0.05) is 18.2 Å². The molecule has 0 aliphatic rings. The van der Waals surface area contributed by atoms with Crippen molar-refractivity contribution in [3.63, 3.8) is 0 Å². The number of nitrogens with one attached hydrogen (secondary N) is 2. The van der Waals surface area contributed by atoms with Gasteiger partial charge < -0.3 is 10.1 Å². The van der Waals surface area contributed by atoms with Gasteiger partial charge in [-0.2, -0.15) is 0 Å². The number of methoxy groups -OCH3 is 1. The van der Waals surface area contributed by atoms with Gasteiger partial charge in [0.1, 0.15) is 5.75 Å². The lowest BCUT2D eigenvalue weighted by molar-refractivity contribution is 0.0952. The number of fused-ring (bicyclic) bond motifs is 1. The largest absolute Gasteiger partial charge is 0.497 e. The third-order valence-corrected chi connectivity index (χ3v) is 7.77. The predicted octanol–water partition coefficient (Wildman–Crippen LogP) is 4.78. The molecule has 34 heavy (non-hydrogen) atoms. The number of sulfonamides is 1. The van der Waals surface area contributed by atoms with Gasteiger partial charge in [0.25, 0.3) is 15.9 Å². The molecule has 2 N–H and O–H groups in total. The van der Waals surface area contributed by atoms with Crippen LogP contribution in [0.15, 0.2) is 71.6 Å². The van der Waals surface area contributed by atoms with E-state index in [2.05, 4.69) is 15.0 Å². The number of aryl methyl sites for hydroxylation is 2. The Hall–Kier alpha value is -3.43. The van der Waals surface area contributed by atoms with E-state index in [0.29, 0.717) is 29.1 Å². The van der Waals surface area contributed by atoms with E-state index in [-0.39, 0.29) is 10.8 Å². The number of carbonyl (C=O) groups excluding carboxylic acids is 1. The third-order valence-electron chi connectivity index (χ3n) is 5.30. The zero-order valence-electron chi connectivity index (χ0n) is 18.9. The molecule has 0 saturated carbocycles. The van der Waals surface area contributed by atoms with Gasteiger partial charge in [-0.15, -0.1) is 11.3 Å². The Balaban J connectivity index is 1.38. The Labute approximate surface area is 202 Å². The molecule has 1 aromatic heterocycles. The zero-order valence-corrected chi connectivity index (χ0v) is 20.5. The summed E-state index contributed by atoms with van der Waals surface area (Å²) in [5.74, 6) is 0.323. The molecule has 0 spiro atoms. The summed E-state index contributed by atoms with van der Waals surface area (Å²) < 4.78 is 34.5. The molecule has 0 radical (unpaired) electrons. The Kier molecular flexibility index (Phi) is 7.14. The molecule has 0 aliphatic carbocycles. The van der Waals surface area contributed by atoms with Crippen molar-refractivity contribution in [3.8, 4) is 5.75 Å². The van der Waals surface area contributed by atoms with Crippen LogP contribution >= 0.6 is 11.3 Å². The molecule has 7 nitrogen and oxygen atoms in total. The molecule has 4 rings (SSSR count). The van der Waals surface area contributed by atoms with Crippen molar-refractivity contribution >= 4 is 43.2 Å². The van der Waals surface area contributed by atoms with Crippen LogP contribution in [0, 0.1) is 6.92 Å². The van der Waals surface area contributed by atoms with Crippen molar-refractivity contribution in [2.24, 2.45) is 0 Å². The molecule has 1 heterocycles. The maximum Gasteiger partial charge on any atom is 0.261 e. The first-order chi connectivity index (χ1) is 16.4. The van der Waals surface area contributed by atoms with E-state index in [1.807, 2.05) is 24.3 Å². The zero-order chi connectivity index (χ0) is 24.1. The highest BCUT2D eigenvalue weighted by Gasteiger charge is 2.18. The van der Waals surface area contributed by atoms with Crippen molar-refractivity contribution in [3.05, 3.63) is 82.9 Å². The van der Waals surface area contributed by atoms with E-state index in [0.717, 1.165) is 28.1 Å². The van der Waals surface area contributed by atoms with E-state index in [1.165, 1.54) is 12.1 Å². The molecule has 0 bridgehead atoms. The number of nitrogens with zero attached hydrogens (tertiary/aromatic N) is 1. The minimum absolute atomic E-state index is 0.0218. The van der Waals surface area contributed by atoms with Crippen LogP contribution in [0.3, 0.4) is 0 Å². The van der Waals surface area contributed by atoms with E-state index in [4.69, 9.17) is 4.74 Å². The van der Waals surface area contributed by atoms with Gasteiger partial charge in [-0.25, -0.2) is 13.4 Å². The van der Waals surface area contributed by atoms with Crippen LogP contribution in [0.1, 0.15) is 27.3 Å². The van der Waals surface area contributed by atoms with Crippen molar-refractivity contribution in [2.45, 2.75) is 24.7 Å². The van der Waals surface area contributed by atoms with Crippen LogP contribution in [0.5, 0.6) is 5.75 Å². The van der Waals surface area contributed by atoms with Gasteiger partial charge in [-0.3, -0.25) is 9.52 Å². The number of hydrogen-bond acceptors (Lipinski definition) is 6. The summed E-state index contributed by atoms with van der Waals surface area (Å²) in [6, 6.07) is 19.1. The number of anilines is 1. The van der Waals surface area contributed by atoms with Gasteiger partial charge >= 0.3 is 0 Å². The molecule has 0 saturated heterocycles. The fourth-order valence-corrected chi connectivity index (χ4v) is 5.54. The summed E-state index contributed by atoms with van der Waals surface area (Å²) in [6.07, 6.45) is 1.50. The maximum atomic E-state index is 12.9. The summed E-state index contributed by atoms with van der Waals surface area (Å²) in [5.41, 5.74) is 2.43. The summed E-state index contributed by atoms with van der Waals surface area (Å²) in [7, 11) is -2.32. The van der Waals surface area contributed by atoms with Crippen LogP contribution < -0.4 is 14.8 Å². The van der Waals surface area contributed by atoms with Crippen LogP contribution in [0.4, 0.5) is 5.69 Å². The lowest BCUT2D eigenvalue weighted by Crippen LogP contribution is -2.26. The monoisotopic (exact) mass is 495 g/mol. The van der Waals surface area contributed by atoms with Gasteiger partial charge in [-0.05, 0) is 67.4 Å². The normalized spacial score (nSPS) is 11.4. The number of ether oxygens (including phenoxy) is 1. The Morgan fingerprint density at radius 3 is 2.56 bits per heavy atom. The number of aromatic nitrogens is 1. The number of amides is 1. The van der Waals surface area contributed by atoms with E-state index in [1.54, 1.807) is 55.7 Å². The summed E-state index contributed by atoms with van der Waals surface area (Å²) in [6.45, 7) is 2.25. The lowest BCUT2D eigenvalue weighted by atomic mass is 10.1. The smallest absolute Gasteiger partial charge is 0.261 e. The molecular weight excluding hydrogens is 470 g/mol. The Bertz CT molecular complexity index is 1380. The third kappa shape index (κ3) is 5.55. The minimum Gasteiger partial charge on any atom is -0.497 e. The number of para-hydroxylation sites is 1. The molecule has 0 unspecified atom stereocenters. The van der Waals surface area contributed by atoms with Crippen molar-refractivity contribution < 1.29 is 17.9 Å². The van der Waals surface area contributed by atoms with Crippen LogP contribution in [0.2, 0.25) is 0 Å². The predicted molar refractivity (Wildman–Crippen MR) is 135 cm³/mol. The molecule has 0 atom stereocenters. The van der Waals surface area contributed by atoms with Gasteiger partial charge in [0.15, 0.2) is 0 Å². The highest BCUT2D eigenvalue weighted by molar-refractivity contribution is 7.92. The second-order valence-corrected chi connectivity index (χ2v) is 10.5. The van der Waals surface area contributed by atoms with E-state index in [9.17, 15) is 13.2 Å². The summed E-state index contributed by atoms with van der Waals surface area (Å²) in [5, 5.41) is 3.93. The first-order valence-electron chi connectivity index (χ1n) is 10.8. The second kappa shape index (κ2) is 10.2. The minimum atomic E-state index is -3.86. The summed E-state index contributed by atoms with van der Waals surface area (Å²) in [4.78, 5) is 17.4. The highest BCUT2D eigenvalue weighted by atomic mass is 32.2. The molecule has 9 heteroatoms. The Morgan fingerprint density at radius 1 is 1.06 bits per heavy atom. The molecule has 0 aliphatic heterocycles. The standard InChI is InChI=1S/C25H25N3O4S2/c1-17-9-14-20(34(30,31)28-18-10-12-19(32-2)13-11-18)16-21(17)25(29)26-15-5-8-24-27-22-6-3-4-7-23(22)33-24/h3-4,6-7,9-14,16,28H,5,8,15H2,1-2H3,(H,26,29). The first kappa shape index (κ1) is 23.7. The fourth-order valence-electron chi connectivity index (χ4n) is 3.45. The highest BCUT2D eigenvalue weighted by Crippen LogP contribution is 2.23. The lowest BCUT2D eigenvalue weighted by Gasteiger charge is -2.12. The molecule has 0 fully saturated rings. The number of carbonyl (C=O) groups is 1. The quantitative estimate of drug-likeness (QED) is 0.326.